The maximum absolute atomic E-state index is 10.4. The molecule has 0 radical (unpaired) electrons. The molecule has 0 heterocycles. The molecule has 0 aromatic carbocycles. The molecule has 0 saturated heterocycles. The van der Waals surface area contributed by atoms with E-state index < -0.39 is 6.16 Å². The highest BCUT2D eigenvalue weighted by Crippen LogP contribution is 1.84. The minimum atomic E-state index is -0.739. The van der Waals surface area contributed by atoms with Gasteiger partial charge in [-0.3, -0.25) is 4.79 Å². The van der Waals surface area contributed by atoms with Gasteiger partial charge in [0, 0.05) is 6.92 Å². The predicted octanol–water partition coefficient (Wildman–Crippen LogP) is 0.889. The van der Waals surface area contributed by atoms with E-state index >= 15 is 0 Å². The van der Waals surface area contributed by atoms with Gasteiger partial charge >= 0.3 is 12.1 Å². The van der Waals surface area contributed by atoms with Crippen LogP contribution in [0.1, 0.15) is 6.92 Å². The van der Waals surface area contributed by atoms with Crippen LogP contribution in [-0.4, -0.2) is 32.4 Å². The zero-order valence-corrected chi connectivity index (χ0v) is 7.61. The molecule has 0 atom stereocenters. The van der Waals surface area contributed by atoms with Crippen molar-refractivity contribution in [2.24, 2.45) is 0 Å². The van der Waals surface area contributed by atoms with Crippen molar-refractivity contribution in [3.63, 3.8) is 0 Å². The average Bonchev–Trinajstić information content (AvgIpc) is 2.10. The Morgan fingerprint density at radius 1 is 1.15 bits per heavy atom. The van der Waals surface area contributed by atoms with Gasteiger partial charge in [0.25, 0.3) is 0 Å². The second-order valence-corrected chi connectivity index (χ2v) is 2.04. The van der Waals surface area contributed by atoms with Crippen LogP contribution in [0.5, 0.6) is 0 Å². The summed E-state index contributed by atoms with van der Waals surface area (Å²) in [5, 5.41) is 0. The highest BCUT2D eigenvalue weighted by molar-refractivity contribution is 5.66. The first-order chi connectivity index (χ1) is 6.16. The maximum atomic E-state index is 10.4. The second-order valence-electron chi connectivity index (χ2n) is 2.04. The zero-order chi connectivity index (χ0) is 10.1. The fraction of sp³-hybridized carbons (Fsp3) is 0.500. The molecule has 0 amide bonds. The third-order valence-corrected chi connectivity index (χ3v) is 1.01. The van der Waals surface area contributed by atoms with Crippen LogP contribution in [0.4, 0.5) is 4.79 Å². The third kappa shape index (κ3) is 8.39. The molecule has 0 saturated carbocycles. The van der Waals surface area contributed by atoms with E-state index in [-0.39, 0.29) is 19.2 Å². The monoisotopic (exact) mass is 188 g/mol. The molecule has 0 spiro atoms. The average molecular weight is 188 g/mol. The Kier molecular flexibility index (Phi) is 6.31. The molecule has 5 heteroatoms. The van der Waals surface area contributed by atoms with E-state index in [9.17, 15) is 9.59 Å². The van der Waals surface area contributed by atoms with Gasteiger partial charge in [0.2, 0.25) is 0 Å². The molecule has 0 unspecified atom stereocenters. The summed E-state index contributed by atoms with van der Waals surface area (Å²) in [5.41, 5.74) is 0. The minimum absolute atomic E-state index is 0.105. The number of carbonyl (C=O) groups is 2. The van der Waals surface area contributed by atoms with Gasteiger partial charge in [-0.25, -0.2) is 4.79 Å². The molecule has 5 nitrogen and oxygen atoms in total. The molecule has 0 fully saturated rings. The molecule has 0 aromatic rings. The van der Waals surface area contributed by atoms with E-state index in [1.807, 2.05) is 0 Å². The van der Waals surface area contributed by atoms with Crippen molar-refractivity contribution >= 4 is 12.1 Å². The molecular formula is C8H12O5. The lowest BCUT2D eigenvalue weighted by Gasteiger charge is -1.98. The van der Waals surface area contributed by atoms with Crippen LogP contribution in [0.15, 0.2) is 12.2 Å². The summed E-state index contributed by atoms with van der Waals surface area (Å²) in [6.07, 6.45) is 2.39. The maximum Gasteiger partial charge on any atom is 0.508 e. The van der Waals surface area contributed by atoms with Crippen molar-refractivity contribution < 1.29 is 23.8 Å². The standard InChI is InChI=1S/C8H12O5/c1-7(9)12-5-3-4-6-13-8(10)11-2/h3-4H,5-6H2,1-2H3/b4-3-. The first-order valence-corrected chi connectivity index (χ1v) is 3.66. The van der Waals surface area contributed by atoms with Gasteiger partial charge in [0.15, 0.2) is 0 Å². The molecule has 0 N–H and O–H groups in total. The van der Waals surface area contributed by atoms with E-state index in [2.05, 4.69) is 14.2 Å². The number of rotatable bonds is 4. The predicted molar refractivity (Wildman–Crippen MR) is 44.1 cm³/mol. The lowest BCUT2D eigenvalue weighted by atomic mass is 10.5. The van der Waals surface area contributed by atoms with Gasteiger partial charge in [-0.05, 0) is 12.2 Å². The van der Waals surface area contributed by atoms with Crippen LogP contribution >= 0.6 is 0 Å². The summed E-state index contributed by atoms with van der Waals surface area (Å²) in [4.78, 5) is 20.7. The van der Waals surface area contributed by atoms with Crippen LogP contribution in [0.25, 0.3) is 0 Å². The van der Waals surface area contributed by atoms with E-state index in [4.69, 9.17) is 0 Å². The topological polar surface area (TPSA) is 61.8 Å². The van der Waals surface area contributed by atoms with E-state index in [1.54, 1.807) is 12.2 Å². The number of carbonyl (C=O) groups excluding carboxylic acids is 2. The van der Waals surface area contributed by atoms with Crippen LogP contribution in [-0.2, 0) is 19.0 Å². The minimum Gasteiger partial charge on any atom is -0.462 e. The fourth-order valence-corrected chi connectivity index (χ4v) is 0.477. The Morgan fingerprint density at radius 2 is 1.69 bits per heavy atom. The van der Waals surface area contributed by atoms with Crippen LogP contribution in [0.3, 0.4) is 0 Å². The van der Waals surface area contributed by atoms with Gasteiger partial charge in [0.1, 0.15) is 13.2 Å². The lowest BCUT2D eigenvalue weighted by Crippen LogP contribution is -2.04. The molecule has 0 aromatic heterocycles. The normalized spacial score (nSPS) is 9.69. The SMILES string of the molecule is COC(=O)OC/C=C\COC(C)=O. The molecule has 0 aliphatic heterocycles. The number of esters is 1. The molecule has 0 rings (SSSR count). The summed E-state index contributed by atoms with van der Waals surface area (Å²) >= 11 is 0. The van der Waals surface area contributed by atoms with Crippen molar-refractivity contribution in [3.05, 3.63) is 12.2 Å². The van der Waals surface area contributed by atoms with Crippen molar-refractivity contribution in [1.29, 1.82) is 0 Å². The first kappa shape index (κ1) is 11.5. The summed E-state index contributed by atoms with van der Waals surface area (Å²) in [5.74, 6) is -0.349. The smallest absolute Gasteiger partial charge is 0.462 e. The van der Waals surface area contributed by atoms with Crippen molar-refractivity contribution in [1.82, 2.24) is 0 Å². The first-order valence-electron chi connectivity index (χ1n) is 3.66. The highest BCUT2D eigenvalue weighted by Gasteiger charge is 1.95. The van der Waals surface area contributed by atoms with Gasteiger partial charge in [-0.1, -0.05) is 0 Å². The number of methoxy groups -OCH3 is 1. The Labute approximate surface area is 76.3 Å². The Hall–Kier alpha value is -1.52. The molecule has 0 aliphatic carbocycles. The van der Waals surface area contributed by atoms with Gasteiger partial charge in [-0.2, -0.15) is 0 Å². The molecule has 74 valence electrons. The summed E-state index contributed by atoms with van der Waals surface area (Å²) in [7, 11) is 1.23. The molecular weight excluding hydrogens is 176 g/mol. The van der Waals surface area contributed by atoms with Crippen molar-refractivity contribution in [2.75, 3.05) is 20.3 Å². The van der Waals surface area contributed by atoms with E-state index in [1.165, 1.54) is 14.0 Å². The van der Waals surface area contributed by atoms with E-state index in [0.29, 0.717) is 0 Å². The second kappa shape index (κ2) is 7.15. The molecule has 0 aliphatic rings. The number of hydrogen-bond donors (Lipinski definition) is 0. The summed E-state index contributed by atoms with van der Waals surface area (Å²) in [6.45, 7) is 1.60. The number of ether oxygens (including phenoxy) is 3. The largest absolute Gasteiger partial charge is 0.508 e. The van der Waals surface area contributed by atoms with Crippen LogP contribution < -0.4 is 0 Å². The highest BCUT2D eigenvalue weighted by atomic mass is 16.7. The fourth-order valence-electron chi connectivity index (χ4n) is 0.477. The van der Waals surface area contributed by atoms with Gasteiger partial charge < -0.3 is 14.2 Å². The summed E-state index contributed by atoms with van der Waals surface area (Å²) < 4.78 is 13.3. The quantitative estimate of drug-likeness (QED) is 0.484. The van der Waals surface area contributed by atoms with Crippen LogP contribution in [0.2, 0.25) is 0 Å². The Balaban J connectivity index is 3.31. The molecule has 0 bridgehead atoms. The Bertz CT molecular complexity index is 197. The van der Waals surface area contributed by atoms with Gasteiger partial charge in [-0.15, -0.1) is 0 Å². The summed E-state index contributed by atoms with van der Waals surface area (Å²) in [6, 6.07) is 0. The number of hydrogen-bond acceptors (Lipinski definition) is 5. The van der Waals surface area contributed by atoms with Crippen LogP contribution in [0, 0.1) is 0 Å². The Morgan fingerprint density at radius 3 is 2.15 bits per heavy atom. The lowest BCUT2D eigenvalue weighted by molar-refractivity contribution is -0.139. The molecule has 13 heavy (non-hydrogen) atoms. The van der Waals surface area contributed by atoms with E-state index in [0.717, 1.165) is 0 Å². The van der Waals surface area contributed by atoms with Crippen molar-refractivity contribution in [2.45, 2.75) is 6.92 Å². The zero-order valence-electron chi connectivity index (χ0n) is 7.61. The van der Waals surface area contributed by atoms with Gasteiger partial charge in [0.05, 0.1) is 7.11 Å². The third-order valence-electron chi connectivity index (χ3n) is 1.01. The van der Waals surface area contributed by atoms with Crippen molar-refractivity contribution in [3.8, 4) is 0 Å².